The number of aliphatic hydroxyl groups is 3. The van der Waals surface area contributed by atoms with Crippen molar-refractivity contribution in [2.75, 3.05) is 41.1 Å². The molecule has 384 valence electrons. The number of rotatable bonds is 9. The molecule has 4 aliphatic rings. The van der Waals surface area contributed by atoms with Crippen molar-refractivity contribution in [3.63, 3.8) is 0 Å². The molecule has 2 saturated heterocycles. The van der Waals surface area contributed by atoms with Crippen LogP contribution in [-0.2, 0) is 52.4 Å². The van der Waals surface area contributed by atoms with E-state index in [2.05, 4.69) is 0 Å². The van der Waals surface area contributed by atoms with Crippen molar-refractivity contribution in [1.29, 1.82) is 0 Å². The summed E-state index contributed by atoms with van der Waals surface area (Å²) in [7, 11) is 4.58. The SMILES string of the molecule is CO[C@H]1C[C@@H]2CC[C@@H](C)[C@@](O)(O2)C(=O)C(=O)N2CCCCC2C(=O)O[C@H]([C@H](C)C[C@@H]2CC[C@@H](OCCO)[C@H](OC)C2)CC(=O)[C@H](C)/C=C(\C)[C@@H](O)[C@@H](OC)C(=O)[C@H](C)C[C@H](C)/C=C/C=CC=C1C. The van der Waals surface area contributed by atoms with Gasteiger partial charge in [0.1, 0.15) is 30.1 Å². The topological polar surface area (TPSA) is 205 Å². The zero-order chi connectivity index (χ0) is 50.3. The number of methoxy groups -OCH3 is 3. The van der Waals surface area contributed by atoms with Crippen LogP contribution in [-0.4, -0.2) is 145 Å². The molecule has 3 fully saturated rings. The highest BCUT2D eigenvalue weighted by Gasteiger charge is 2.53. The number of piperidine rings is 1. The van der Waals surface area contributed by atoms with Gasteiger partial charge in [0.05, 0.1) is 37.6 Å². The summed E-state index contributed by atoms with van der Waals surface area (Å²) < 4.78 is 35.6. The van der Waals surface area contributed by atoms with Crippen LogP contribution in [0.3, 0.4) is 0 Å². The number of fused-ring (bicyclic) bond motifs is 3. The maximum atomic E-state index is 14.5. The van der Waals surface area contributed by atoms with E-state index in [0.29, 0.717) is 63.4 Å². The standard InChI is InChI=1S/C53H83NO14/c1-32-16-12-11-13-17-33(2)44(63-8)30-40-21-19-38(7)53(62,68-40)50(59)51(60)54-23-15-14-18-41(54)52(61)67-45(35(4)28-39-20-22-43(66-25-24-55)46(29-39)64-9)31-42(56)34(3)27-37(6)48(58)49(65-10)47(57)36(5)26-32/h11-13,16-17,27,32,34-36,38-41,43-46,48-49,55,58,62H,14-15,18-26,28-31H2,1-10H3/b13-11?,16-12+,33-17?,37-27+/t32-,34-,35-,36-,38-,39+,40+,41?,43-,44+,45+,46-,48-,49+,53-/m1/s1. The van der Waals surface area contributed by atoms with Gasteiger partial charge in [-0.2, -0.15) is 0 Å². The highest BCUT2D eigenvalue weighted by Crippen LogP contribution is 2.38. The molecule has 15 atom stereocenters. The Hall–Kier alpha value is -3.41. The first kappa shape index (κ1) is 57.2. The zero-order valence-corrected chi connectivity index (χ0v) is 42.4. The Morgan fingerprint density at radius 1 is 0.853 bits per heavy atom. The molecule has 0 radical (unpaired) electrons. The smallest absolute Gasteiger partial charge is 0.329 e. The van der Waals surface area contributed by atoms with E-state index >= 15 is 0 Å². The summed E-state index contributed by atoms with van der Waals surface area (Å²) in [5.74, 6) is -7.96. The lowest BCUT2D eigenvalue weighted by atomic mass is 9.78. The van der Waals surface area contributed by atoms with Crippen LogP contribution in [0.1, 0.15) is 126 Å². The van der Waals surface area contributed by atoms with Crippen molar-refractivity contribution in [3.8, 4) is 0 Å². The second-order valence-corrected chi connectivity index (χ2v) is 20.2. The second kappa shape index (κ2) is 27.3. The molecule has 3 heterocycles. The molecule has 0 aromatic rings. The summed E-state index contributed by atoms with van der Waals surface area (Å²) in [5, 5.41) is 32.8. The number of Topliss-reactive ketones (excluding diaryl/α,β-unsaturated/α-hetero) is 3. The van der Waals surface area contributed by atoms with Crippen LogP contribution >= 0.6 is 0 Å². The van der Waals surface area contributed by atoms with Crippen LogP contribution < -0.4 is 0 Å². The Labute approximate surface area is 405 Å². The van der Waals surface area contributed by atoms with E-state index in [1.807, 2.05) is 58.1 Å². The molecule has 4 rings (SSSR count). The van der Waals surface area contributed by atoms with E-state index in [-0.39, 0.29) is 74.1 Å². The number of hydrogen-bond acceptors (Lipinski definition) is 14. The second-order valence-electron chi connectivity index (χ2n) is 20.2. The number of aliphatic hydroxyl groups excluding tert-OH is 2. The van der Waals surface area contributed by atoms with Crippen LogP contribution in [0.5, 0.6) is 0 Å². The van der Waals surface area contributed by atoms with Gasteiger partial charge in [0, 0.05) is 58.5 Å². The molecule has 1 amide bonds. The largest absolute Gasteiger partial charge is 0.460 e. The highest BCUT2D eigenvalue weighted by molar-refractivity contribution is 6.39. The molecule has 68 heavy (non-hydrogen) atoms. The molecule has 1 unspecified atom stereocenters. The van der Waals surface area contributed by atoms with Crippen molar-refractivity contribution in [2.45, 2.75) is 180 Å². The molecule has 1 saturated carbocycles. The fourth-order valence-electron chi connectivity index (χ4n) is 10.5. The third-order valence-corrected chi connectivity index (χ3v) is 14.9. The van der Waals surface area contributed by atoms with Crippen molar-refractivity contribution in [1.82, 2.24) is 4.90 Å². The first-order chi connectivity index (χ1) is 32.3. The van der Waals surface area contributed by atoms with E-state index in [1.165, 1.54) is 12.0 Å². The molecule has 0 aromatic carbocycles. The minimum absolute atomic E-state index is 0.0158. The summed E-state index contributed by atoms with van der Waals surface area (Å²) in [6.45, 7) is 12.9. The third-order valence-electron chi connectivity index (χ3n) is 14.9. The first-order valence-corrected chi connectivity index (χ1v) is 25.0. The number of esters is 1. The predicted octanol–water partition coefficient (Wildman–Crippen LogP) is 6.20. The molecule has 3 aliphatic heterocycles. The van der Waals surface area contributed by atoms with E-state index in [0.717, 1.165) is 12.0 Å². The maximum Gasteiger partial charge on any atom is 0.329 e. The summed E-state index contributed by atoms with van der Waals surface area (Å²) in [4.78, 5) is 72.1. The van der Waals surface area contributed by atoms with E-state index in [4.69, 9.17) is 28.4 Å². The van der Waals surface area contributed by atoms with Gasteiger partial charge >= 0.3 is 5.97 Å². The van der Waals surface area contributed by atoms with Crippen LogP contribution in [0.15, 0.2) is 47.6 Å². The number of amides is 1. The molecule has 15 nitrogen and oxygen atoms in total. The van der Waals surface area contributed by atoms with Crippen LogP contribution in [0.4, 0.5) is 0 Å². The predicted molar refractivity (Wildman–Crippen MR) is 256 cm³/mol. The summed E-state index contributed by atoms with van der Waals surface area (Å²) >= 11 is 0. The third kappa shape index (κ3) is 15.3. The van der Waals surface area contributed by atoms with Crippen molar-refractivity contribution >= 4 is 29.2 Å². The minimum atomic E-state index is -2.43. The lowest BCUT2D eigenvalue weighted by molar-refractivity contribution is -0.265. The van der Waals surface area contributed by atoms with Gasteiger partial charge in [0.25, 0.3) is 11.7 Å². The highest BCUT2D eigenvalue weighted by atomic mass is 16.6. The number of ether oxygens (including phenoxy) is 6. The lowest BCUT2D eigenvalue weighted by Crippen LogP contribution is -2.61. The summed E-state index contributed by atoms with van der Waals surface area (Å²) in [6.07, 6.45) is 12.0. The number of nitrogens with zero attached hydrogens (tertiary/aromatic N) is 1. The van der Waals surface area contributed by atoms with Crippen molar-refractivity contribution in [3.05, 3.63) is 47.6 Å². The van der Waals surface area contributed by atoms with Gasteiger partial charge in [-0.3, -0.25) is 19.2 Å². The van der Waals surface area contributed by atoms with Gasteiger partial charge in [-0.25, -0.2) is 4.79 Å². The molecule has 3 N–H and O–H groups in total. The Morgan fingerprint density at radius 2 is 1.59 bits per heavy atom. The van der Waals surface area contributed by atoms with Crippen LogP contribution in [0.25, 0.3) is 0 Å². The average molecular weight is 958 g/mol. The molecule has 0 spiro atoms. The van der Waals surface area contributed by atoms with Crippen LogP contribution in [0, 0.1) is 35.5 Å². The maximum absolute atomic E-state index is 14.5. The van der Waals surface area contributed by atoms with E-state index < -0.39 is 77.8 Å². The molecule has 2 bridgehead atoms. The van der Waals surface area contributed by atoms with Gasteiger partial charge in [-0.1, -0.05) is 71.1 Å². The normalized spacial score (nSPS) is 37.9. The zero-order valence-electron chi connectivity index (χ0n) is 42.4. The number of carbonyl (C=O) groups excluding carboxylic acids is 5. The fourth-order valence-corrected chi connectivity index (χ4v) is 10.5. The lowest BCUT2D eigenvalue weighted by Gasteiger charge is -2.42. The molecular weight excluding hydrogens is 875 g/mol. The fraction of sp³-hybridized carbons (Fsp3) is 0.755. The quantitative estimate of drug-likeness (QED) is 0.134. The van der Waals surface area contributed by atoms with Gasteiger partial charge in [0.2, 0.25) is 5.79 Å². The number of ketones is 3. The van der Waals surface area contributed by atoms with E-state index in [9.17, 15) is 39.3 Å². The minimum Gasteiger partial charge on any atom is -0.460 e. The Balaban J connectivity index is 1.70. The van der Waals surface area contributed by atoms with Crippen LogP contribution in [0.2, 0.25) is 0 Å². The summed E-state index contributed by atoms with van der Waals surface area (Å²) in [6, 6.07) is -1.14. The summed E-state index contributed by atoms with van der Waals surface area (Å²) in [5.41, 5.74) is 1.26. The molecule has 0 aromatic heterocycles. The van der Waals surface area contributed by atoms with E-state index in [1.54, 1.807) is 41.1 Å². The molecular formula is C53H83NO14. The number of hydrogen-bond donors (Lipinski definition) is 3. The Bertz CT molecular complexity index is 1810. The monoisotopic (exact) mass is 958 g/mol. The first-order valence-electron chi connectivity index (χ1n) is 25.0. The average Bonchev–Trinajstić information content (AvgIpc) is 3.32. The number of carbonyl (C=O) groups is 5. The van der Waals surface area contributed by atoms with Gasteiger partial charge in [-0.15, -0.1) is 0 Å². The molecule has 15 heteroatoms. The van der Waals surface area contributed by atoms with Crippen molar-refractivity contribution in [2.24, 2.45) is 35.5 Å². The Kier molecular flexibility index (Phi) is 22.9. The van der Waals surface area contributed by atoms with Crippen molar-refractivity contribution < 1.29 is 67.7 Å². The molecule has 1 aliphatic carbocycles. The van der Waals surface area contributed by atoms with Gasteiger partial charge in [0.15, 0.2) is 5.78 Å². The van der Waals surface area contributed by atoms with Gasteiger partial charge in [-0.05, 0) is 107 Å². The Morgan fingerprint density at radius 3 is 2.26 bits per heavy atom. The van der Waals surface area contributed by atoms with Gasteiger partial charge < -0.3 is 48.6 Å². The number of allylic oxidation sites excluding steroid dienone is 6. The number of cyclic esters (lactones) is 1.